The molecule has 0 unspecified atom stereocenters. The Morgan fingerprint density at radius 3 is 2.30 bits per heavy atom. The molecule has 4 N–H and O–H groups in total. The molecule has 4 nitrogen and oxygen atoms in total. The molecule has 0 aromatic rings. The van der Waals surface area contributed by atoms with Gasteiger partial charge in [-0.15, -0.1) is 0 Å². The van der Waals surface area contributed by atoms with Gasteiger partial charge in [0.05, 0.1) is 12.1 Å². The second-order valence-corrected chi connectivity index (χ2v) is 2.78. The van der Waals surface area contributed by atoms with Crippen molar-refractivity contribution < 1.29 is 4.74 Å². The van der Waals surface area contributed by atoms with Crippen LogP contribution >= 0.6 is 0 Å². The van der Waals surface area contributed by atoms with Gasteiger partial charge in [-0.3, -0.25) is 0 Å². The zero-order valence-electron chi connectivity index (χ0n) is 6.72. The largest absolute Gasteiger partial charge is 0.382 e. The molecule has 0 fully saturated rings. The van der Waals surface area contributed by atoms with Gasteiger partial charge < -0.3 is 16.2 Å². The SMILES string of the molecule is COCC(C)(C)N=C(N)N. The average molecular weight is 145 g/mol. The molecule has 0 saturated carbocycles. The first kappa shape index (κ1) is 9.23. The van der Waals surface area contributed by atoms with Gasteiger partial charge >= 0.3 is 0 Å². The highest BCUT2D eigenvalue weighted by atomic mass is 16.5. The smallest absolute Gasteiger partial charge is 0.186 e. The van der Waals surface area contributed by atoms with E-state index in [0.717, 1.165) is 0 Å². The van der Waals surface area contributed by atoms with Crippen molar-refractivity contribution in [1.29, 1.82) is 0 Å². The molecule has 0 saturated heterocycles. The number of nitrogens with two attached hydrogens (primary N) is 2. The molecule has 0 spiro atoms. The van der Waals surface area contributed by atoms with E-state index in [1.54, 1.807) is 7.11 Å². The van der Waals surface area contributed by atoms with Crippen LogP contribution in [0.25, 0.3) is 0 Å². The van der Waals surface area contributed by atoms with Crippen molar-refractivity contribution in [1.82, 2.24) is 0 Å². The summed E-state index contributed by atoms with van der Waals surface area (Å²) in [4.78, 5) is 3.95. The highest BCUT2D eigenvalue weighted by Crippen LogP contribution is 2.07. The summed E-state index contributed by atoms with van der Waals surface area (Å²) in [5.41, 5.74) is 10.1. The van der Waals surface area contributed by atoms with Crippen molar-refractivity contribution in [2.75, 3.05) is 13.7 Å². The van der Waals surface area contributed by atoms with Crippen molar-refractivity contribution in [2.45, 2.75) is 19.4 Å². The lowest BCUT2D eigenvalue weighted by molar-refractivity contribution is 0.150. The molecule has 0 aliphatic rings. The van der Waals surface area contributed by atoms with Crippen LogP contribution in [-0.2, 0) is 4.74 Å². The van der Waals surface area contributed by atoms with Gasteiger partial charge in [0.15, 0.2) is 5.96 Å². The summed E-state index contributed by atoms with van der Waals surface area (Å²) in [5, 5.41) is 0. The first-order valence-electron chi connectivity index (χ1n) is 3.08. The highest BCUT2D eigenvalue weighted by molar-refractivity contribution is 5.76. The molecule has 0 aromatic carbocycles. The fraction of sp³-hybridized carbons (Fsp3) is 0.833. The lowest BCUT2D eigenvalue weighted by atomic mass is 10.1. The summed E-state index contributed by atoms with van der Waals surface area (Å²) in [6.07, 6.45) is 0. The van der Waals surface area contributed by atoms with E-state index < -0.39 is 0 Å². The van der Waals surface area contributed by atoms with Crippen molar-refractivity contribution >= 4 is 5.96 Å². The molecule has 0 heterocycles. The Morgan fingerprint density at radius 2 is 2.00 bits per heavy atom. The highest BCUT2D eigenvalue weighted by Gasteiger charge is 2.15. The van der Waals surface area contributed by atoms with Gasteiger partial charge in [-0.05, 0) is 13.8 Å². The first-order valence-corrected chi connectivity index (χ1v) is 3.08. The number of guanidine groups is 1. The van der Waals surface area contributed by atoms with Gasteiger partial charge in [-0.1, -0.05) is 0 Å². The molecule has 0 aromatic heterocycles. The quantitative estimate of drug-likeness (QED) is 0.422. The normalized spacial score (nSPS) is 11.1. The van der Waals surface area contributed by atoms with E-state index >= 15 is 0 Å². The molecule has 0 atom stereocenters. The van der Waals surface area contributed by atoms with E-state index in [4.69, 9.17) is 16.2 Å². The van der Waals surface area contributed by atoms with Crippen LogP contribution in [-0.4, -0.2) is 25.2 Å². The molecule has 0 radical (unpaired) electrons. The van der Waals surface area contributed by atoms with E-state index in [1.165, 1.54) is 0 Å². The fourth-order valence-corrected chi connectivity index (χ4v) is 0.735. The van der Waals surface area contributed by atoms with Crippen LogP contribution < -0.4 is 11.5 Å². The van der Waals surface area contributed by atoms with Crippen LogP contribution in [0, 0.1) is 0 Å². The predicted octanol–water partition coefficient (Wildman–Crippen LogP) is -0.315. The van der Waals surface area contributed by atoms with E-state index in [2.05, 4.69) is 4.99 Å². The molecule has 0 aliphatic heterocycles. The minimum atomic E-state index is -0.312. The Labute approximate surface area is 61.3 Å². The maximum atomic E-state index is 5.18. The van der Waals surface area contributed by atoms with Gasteiger partial charge in [0.25, 0.3) is 0 Å². The summed E-state index contributed by atoms with van der Waals surface area (Å²) in [6.45, 7) is 4.32. The van der Waals surface area contributed by atoms with Crippen LogP contribution in [0.2, 0.25) is 0 Å². The maximum absolute atomic E-state index is 5.18. The zero-order chi connectivity index (χ0) is 8.20. The van der Waals surface area contributed by atoms with E-state index in [9.17, 15) is 0 Å². The standard InChI is InChI=1S/C6H15N3O/c1-6(2,4-10-3)9-5(7)8/h4H2,1-3H3,(H4,7,8,9). The molecule has 0 bridgehead atoms. The summed E-state index contributed by atoms with van der Waals surface area (Å²) in [6, 6.07) is 0. The molecule has 0 amide bonds. The number of rotatable bonds is 3. The lowest BCUT2D eigenvalue weighted by Gasteiger charge is -2.17. The van der Waals surface area contributed by atoms with E-state index in [1.807, 2.05) is 13.8 Å². The van der Waals surface area contributed by atoms with Crippen LogP contribution in [0.15, 0.2) is 4.99 Å². The van der Waals surface area contributed by atoms with Crippen molar-refractivity contribution in [3.63, 3.8) is 0 Å². The van der Waals surface area contributed by atoms with E-state index in [0.29, 0.717) is 6.61 Å². The molecule has 10 heavy (non-hydrogen) atoms. The van der Waals surface area contributed by atoms with Gasteiger partial charge in [-0.25, -0.2) is 4.99 Å². The third kappa shape index (κ3) is 4.14. The van der Waals surface area contributed by atoms with Gasteiger partial charge in [0.2, 0.25) is 0 Å². The van der Waals surface area contributed by atoms with Gasteiger partial charge in [-0.2, -0.15) is 0 Å². The van der Waals surface area contributed by atoms with Gasteiger partial charge in [0.1, 0.15) is 0 Å². The number of methoxy groups -OCH3 is 1. The summed E-state index contributed by atoms with van der Waals surface area (Å²) in [5.74, 6) is 0.0991. The first-order chi connectivity index (χ1) is 4.48. The molecule has 0 aliphatic carbocycles. The topological polar surface area (TPSA) is 73.6 Å². The number of ether oxygens (including phenoxy) is 1. The summed E-state index contributed by atoms with van der Waals surface area (Å²) >= 11 is 0. The minimum Gasteiger partial charge on any atom is -0.382 e. The minimum absolute atomic E-state index is 0.0991. The summed E-state index contributed by atoms with van der Waals surface area (Å²) in [7, 11) is 1.62. The molecular formula is C6H15N3O. The second kappa shape index (κ2) is 3.41. The van der Waals surface area contributed by atoms with Crippen LogP contribution in [0.1, 0.15) is 13.8 Å². The Bertz CT molecular complexity index is 127. The van der Waals surface area contributed by atoms with Crippen LogP contribution in [0.5, 0.6) is 0 Å². The Morgan fingerprint density at radius 1 is 1.50 bits per heavy atom. The summed E-state index contributed by atoms with van der Waals surface area (Å²) < 4.78 is 4.89. The van der Waals surface area contributed by atoms with E-state index in [-0.39, 0.29) is 11.5 Å². The molecule has 0 rings (SSSR count). The van der Waals surface area contributed by atoms with Gasteiger partial charge in [0, 0.05) is 7.11 Å². The maximum Gasteiger partial charge on any atom is 0.186 e. The number of nitrogens with zero attached hydrogens (tertiary/aromatic N) is 1. The fourth-order valence-electron chi connectivity index (χ4n) is 0.735. The lowest BCUT2D eigenvalue weighted by Crippen LogP contribution is -2.32. The Kier molecular flexibility index (Phi) is 3.15. The number of hydrogen-bond donors (Lipinski definition) is 2. The second-order valence-electron chi connectivity index (χ2n) is 2.78. The van der Waals surface area contributed by atoms with Crippen LogP contribution in [0.4, 0.5) is 0 Å². The molecule has 4 heteroatoms. The number of hydrogen-bond acceptors (Lipinski definition) is 2. The van der Waals surface area contributed by atoms with Crippen LogP contribution in [0.3, 0.4) is 0 Å². The Balaban J connectivity index is 3.98. The zero-order valence-corrected chi connectivity index (χ0v) is 6.72. The predicted molar refractivity (Wildman–Crippen MR) is 41.8 cm³/mol. The van der Waals surface area contributed by atoms with Crippen molar-refractivity contribution in [2.24, 2.45) is 16.5 Å². The molecule has 60 valence electrons. The average Bonchev–Trinajstić information content (AvgIpc) is 1.59. The third-order valence-corrected chi connectivity index (χ3v) is 0.929. The van der Waals surface area contributed by atoms with Crippen molar-refractivity contribution in [3.05, 3.63) is 0 Å². The van der Waals surface area contributed by atoms with Crippen molar-refractivity contribution in [3.8, 4) is 0 Å². The Hall–Kier alpha value is -0.770. The third-order valence-electron chi connectivity index (χ3n) is 0.929. The monoisotopic (exact) mass is 145 g/mol. The molecular weight excluding hydrogens is 130 g/mol. The number of aliphatic imine (C=N–C) groups is 1.